The van der Waals surface area contributed by atoms with Crippen LogP contribution in [0.3, 0.4) is 0 Å². The first-order valence-corrected chi connectivity index (χ1v) is 7.98. The molecule has 6 heteroatoms. The van der Waals surface area contributed by atoms with Crippen molar-refractivity contribution >= 4 is 21.6 Å². The Morgan fingerprint density at radius 3 is 3.19 bits per heavy atom. The number of hydrogen-bond acceptors (Lipinski definition) is 6. The molecule has 0 radical (unpaired) electrons. The van der Waals surface area contributed by atoms with Gasteiger partial charge in [-0.3, -0.25) is 4.98 Å². The maximum Gasteiger partial charge on any atom is 0.234 e. The molecule has 1 aliphatic carbocycles. The fourth-order valence-electron chi connectivity index (χ4n) is 3.00. The Labute approximate surface area is 126 Å². The van der Waals surface area contributed by atoms with Crippen molar-refractivity contribution in [2.45, 2.75) is 37.6 Å². The van der Waals surface area contributed by atoms with Gasteiger partial charge in [-0.05, 0) is 37.3 Å². The maximum absolute atomic E-state index is 6.22. The van der Waals surface area contributed by atoms with Gasteiger partial charge in [0, 0.05) is 17.8 Å². The van der Waals surface area contributed by atoms with Crippen LogP contribution in [0.1, 0.15) is 32.1 Å². The van der Waals surface area contributed by atoms with Crippen molar-refractivity contribution in [3.05, 3.63) is 29.6 Å². The van der Waals surface area contributed by atoms with Crippen LogP contribution in [0.15, 0.2) is 28.2 Å². The Hall–Kier alpha value is -1.79. The first kappa shape index (κ1) is 12.9. The van der Waals surface area contributed by atoms with Gasteiger partial charge in [0.15, 0.2) is 0 Å². The van der Waals surface area contributed by atoms with Gasteiger partial charge in [-0.15, -0.1) is 11.3 Å². The molecule has 3 heterocycles. The van der Waals surface area contributed by atoms with Crippen molar-refractivity contribution in [1.29, 1.82) is 0 Å². The predicted molar refractivity (Wildman–Crippen MR) is 82.1 cm³/mol. The Morgan fingerprint density at radius 1 is 1.48 bits per heavy atom. The molecule has 108 valence electrons. The third-order valence-electron chi connectivity index (χ3n) is 4.51. The quantitative estimate of drug-likeness (QED) is 0.786. The molecule has 5 nitrogen and oxygen atoms in total. The summed E-state index contributed by atoms with van der Waals surface area (Å²) >= 11 is 1.66. The summed E-state index contributed by atoms with van der Waals surface area (Å²) in [5, 5.41) is 6.15. The van der Waals surface area contributed by atoms with Crippen LogP contribution in [0.4, 0.5) is 0 Å². The molecule has 0 saturated heterocycles. The van der Waals surface area contributed by atoms with Crippen molar-refractivity contribution in [2.75, 3.05) is 0 Å². The van der Waals surface area contributed by atoms with Crippen LogP contribution in [0.25, 0.3) is 21.6 Å². The Kier molecular flexibility index (Phi) is 2.83. The fourth-order valence-corrected chi connectivity index (χ4v) is 3.78. The Bertz CT molecular complexity index is 796. The van der Waals surface area contributed by atoms with E-state index < -0.39 is 0 Å². The van der Waals surface area contributed by atoms with Crippen LogP contribution in [-0.4, -0.2) is 21.2 Å². The summed E-state index contributed by atoms with van der Waals surface area (Å²) in [6.45, 7) is 2.11. The smallest absolute Gasteiger partial charge is 0.234 e. The monoisotopic (exact) mass is 300 g/mol. The Balaban J connectivity index is 1.73. The van der Waals surface area contributed by atoms with Crippen molar-refractivity contribution in [3.8, 4) is 11.4 Å². The normalized spacial score (nSPS) is 25.7. The number of thiophene rings is 1. The molecule has 4 rings (SSSR count). The van der Waals surface area contributed by atoms with E-state index in [-0.39, 0.29) is 11.5 Å². The predicted octanol–water partition coefficient (Wildman–Crippen LogP) is 3.12. The van der Waals surface area contributed by atoms with Gasteiger partial charge in [-0.2, -0.15) is 4.98 Å². The van der Waals surface area contributed by atoms with Gasteiger partial charge >= 0.3 is 0 Å². The minimum Gasteiger partial charge on any atom is -0.338 e. The second kappa shape index (κ2) is 4.61. The number of hydrogen-bond donors (Lipinski definition) is 1. The zero-order chi connectivity index (χ0) is 14.4. The van der Waals surface area contributed by atoms with Gasteiger partial charge in [0.1, 0.15) is 0 Å². The first-order chi connectivity index (χ1) is 10.2. The van der Waals surface area contributed by atoms with Gasteiger partial charge in [0.2, 0.25) is 11.7 Å². The number of rotatable bonds is 2. The number of fused-ring (bicyclic) bond motifs is 1. The van der Waals surface area contributed by atoms with Crippen molar-refractivity contribution in [2.24, 2.45) is 5.73 Å². The molecular formula is C15H16N4OS. The maximum atomic E-state index is 6.22. The average Bonchev–Trinajstić information content (AvgIpc) is 3.19. The first-order valence-electron chi connectivity index (χ1n) is 7.10. The Morgan fingerprint density at radius 2 is 2.38 bits per heavy atom. The lowest BCUT2D eigenvalue weighted by molar-refractivity contribution is 0.278. The molecule has 2 atom stereocenters. The molecule has 0 bridgehead atoms. The minimum atomic E-state index is -0.203. The van der Waals surface area contributed by atoms with Crippen LogP contribution in [0, 0.1) is 0 Å². The van der Waals surface area contributed by atoms with Crippen molar-refractivity contribution in [1.82, 2.24) is 15.1 Å². The van der Waals surface area contributed by atoms with E-state index in [0.29, 0.717) is 11.7 Å². The zero-order valence-electron chi connectivity index (χ0n) is 11.7. The summed E-state index contributed by atoms with van der Waals surface area (Å²) < 4.78 is 6.63. The molecule has 1 fully saturated rings. The molecule has 0 aliphatic heterocycles. The second-order valence-corrected chi connectivity index (χ2v) is 6.81. The van der Waals surface area contributed by atoms with Crippen LogP contribution >= 0.6 is 11.3 Å². The highest BCUT2D eigenvalue weighted by Gasteiger charge is 2.42. The van der Waals surface area contributed by atoms with E-state index in [9.17, 15) is 0 Å². The van der Waals surface area contributed by atoms with Gasteiger partial charge < -0.3 is 10.3 Å². The lowest BCUT2D eigenvalue weighted by atomic mass is 9.85. The van der Waals surface area contributed by atoms with Crippen LogP contribution in [0.2, 0.25) is 0 Å². The molecule has 1 saturated carbocycles. The minimum absolute atomic E-state index is 0.0868. The van der Waals surface area contributed by atoms with E-state index in [2.05, 4.69) is 28.1 Å². The SMILES string of the molecule is CC1(c2nc(-c3cnc4ccsc4c3)no2)CCCC1N. The number of nitrogens with two attached hydrogens (primary N) is 1. The molecule has 3 aromatic rings. The van der Waals surface area contributed by atoms with E-state index in [0.717, 1.165) is 35.0 Å². The molecule has 0 amide bonds. The molecule has 2 unspecified atom stereocenters. The summed E-state index contributed by atoms with van der Waals surface area (Å²) in [6.07, 6.45) is 4.91. The summed E-state index contributed by atoms with van der Waals surface area (Å²) in [5.41, 5.74) is 7.89. The van der Waals surface area contributed by atoms with E-state index in [4.69, 9.17) is 10.3 Å². The van der Waals surface area contributed by atoms with Gasteiger partial charge in [-0.25, -0.2) is 0 Å². The van der Waals surface area contributed by atoms with Crippen LogP contribution < -0.4 is 5.73 Å². The zero-order valence-corrected chi connectivity index (χ0v) is 12.6. The molecule has 0 aromatic carbocycles. The molecule has 2 N–H and O–H groups in total. The standard InChI is InChI=1S/C15H16N4OS/c1-15(5-2-3-12(15)16)14-18-13(19-20-14)9-7-11-10(17-8-9)4-6-21-11/h4,6-8,12H,2-3,5,16H2,1H3. The number of nitrogens with zero attached hydrogens (tertiary/aromatic N) is 3. The third-order valence-corrected chi connectivity index (χ3v) is 5.36. The topological polar surface area (TPSA) is 77.8 Å². The van der Waals surface area contributed by atoms with Gasteiger partial charge in [0.05, 0.1) is 15.6 Å². The molecule has 0 spiro atoms. The number of aromatic nitrogens is 3. The molecular weight excluding hydrogens is 284 g/mol. The highest BCUT2D eigenvalue weighted by Crippen LogP contribution is 2.39. The highest BCUT2D eigenvalue weighted by molar-refractivity contribution is 7.17. The lowest BCUT2D eigenvalue weighted by Gasteiger charge is -2.23. The van der Waals surface area contributed by atoms with E-state index in [1.54, 1.807) is 17.5 Å². The molecule has 1 aliphatic rings. The van der Waals surface area contributed by atoms with Crippen molar-refractivity contribution < 1.29 is 4.52 Å². The lowest BCUT2D eigenvalue weighted by Crippen LogP contribution is -2.38. The van der Waals surface area contributed by atoms with E-state index in [1.165, 1.54) is 0 Å². The van der Waals surface area contributed by atoms with E-state index in [1.807, 2.05) is 11.4 Å². The highest BCUT2D eigenvalue weighted by atomic mass is 32.1. The summed E-state index contributed by atoms with van der Waals surface area (Å²) in [6, 6.07) is 4.14. The van der Waals surface area contributed by atoms with E-state index >= 15 is 0 Å². The van der Waals surface area contributed by atoms with Crippen molar-refractivity contribution in [3.63, 3.8) is 0 Å². The number of pyridine rings is 1. The summed E-state index contributed by atoms with van der Waals surface area (Å²) in [4.78, 5) is 9.00. The van der Waals surface area contributed by atoms with Crippen LogP contribution in [-0.2, 0) is 5.41 Å². The third kappa shape index (κ3) is 1.98. The van der Waals surface area contributed by atoms with Gasteiger partial charge in [-0.1, -0.05) is 11.6 Å². The second-order valence-electron chi connectivity index (χ2n) is 5.87. The molecule has 21 heavy (non-hydrogen) atoms. The largest absolute Gasteiger partial charge is 0.338 e. The summed E-state index contributed by atoms with van der Waals surface area (Å²) in [7, 11) is 0. The van der Waals surface area contributed by atoms with Crippen LogP contribution in [0.5, 0.6) is 0 Å². The average molecular weight is 300 g/mol. The summed E-state index contributed by atoms with van der Waals surface area (Å²) in [5.74, 6) is 1.24. The molecule has 3 aromatic heterocycles. The van der Waals surface area contributed by atoms with Gasteiger partial charge in [0.25, 0.3) is 0 Å². The fraction of sp³-hybridized carbons (Fsp3) is 0.400.